The second-order valence-corrected chi connectivity index (χ2v) is 7.81. The van der Waals surface area contributed by atoms with Gasteiger partial charge in [-0.15, -0.1) is 13.2 Å². The van der Waals surface area contributed by atoms with Crippen molar-refractivity contribution in [3.8, 4) is 0 Å². The second kappa shape index (κ2) is 14.1. The zero-order chi connectivity index (χ0) is 16.7. The minimum Gasteiger partial charge on any atom is -0.103 e. The first-order valence-electron chi connectivity index (χ1n) is 9.79. The topological polar surface area (TPSA) is 0 Å². The monoisotopic (exact) mass is 306 g/mol. The van der Waals surface area contributed by atoms with E-state index in [2.05, 4.69) is 46.1 Å². The van der Waals surface area contributed by atoms with E-state index < -0.39 is 0 Å². The van der Waals surface area contributed by atoms with E-state index in [1.165, 1.54) is 77.0 Å². The van der Waals surface area contributed by atoms with Gasteiger partial charge in [-0.25, -0.2) is 0 Å². The van der Waals surface area contributed by atoms with Gasteiger partial charge < -0.3 is 0 Å². The lowest BCUT2D eigenvalue weighted by molar-refractivity contribution is 0.321. The highest BCUT2D eigenvalue weighted by atomic mass is 14.2. The summed E-state index contributed by atoms with van der Waals surface area (Å²) in [7, 11) is 0. The molecule has 1 atom stereocenters. The maximum atomic E-state index is 4.04. The van der Waals surface area contributed by atoms with Crippen molar-refractivity contribution >= 4 is 0 Å². The van der Waals surface area contributed by atoms with Gasteiger partial charge in [0.1, 0.15) is 0 Å². The van der Waals surface area contributed by atoms with Crippen molar-refractivity contribution in [1.29, 1.82) is 0 Å². The maximum absolute atomic E-state index is 4.04. The Balaban J connectivity index is 3.57. The van der Waals surface area contributed by atoms with Gasteiger partial charge in [-0.05, 0) is 37.0 Å². The van der Waals surface area contributed by atoms with Crippen LogP contribution >= 0.6 is 0 Å². The van der Waals surface area contributed by atoms with Crippen LogP contribution in [0.3, 0.4) is 0 Å². The fourth-order valence-electron chi connectivity index (χ4n) is 3.25. The summed E-state index contributed by atoms with van der Waals surface area (Å²) in [6.45, 7) is 14.9. The summed E-state index contributed by atoms with van der Waals surface area (Å²) in [5, 5.41) is 0. The summed E-state index contributed by atoms with van der Waals surface area (Å²) >= 11 is 0. The molecule has 130 valence electrons. The molecule has 0 aliphatic rings. The molecule has 0 heterocycles. The molecule has 0 aromatic carbocycles. The third kappa shape index (κ3) is 13.2. The molecular formula is C22H42. The molecule has 0 aromatic rings. The van der Waals surface area contributed by atoms with Crippen molar-refractivity contribution in [3.63, 3.8) is 0 Å². The molecule has 0 radical (unpaired) electrons. The molecule has 0 amide bonds. The van der Waals surface area contributed by atoms with E-state index in [0.717, 1.165) is 12.3 Å². The Morgan fingerprint density at radius 2 is 1.36 bits per heavy atom. The zero-order valence-corrected chi connectivity index (χ0v) is 15.8. The van der Waals surface area contributed by atoms with Crippen LogP contribution in [0.2, 0.25) is 0 Å². The lowest BCUT2D eigenvalue weighted by atomic mass is 9.83. The van der Waals surface area contributed by atoms with Crippen molar-refractivity contribution in [2.75, 3.05) is 0 Å². The molecule has 0 N–H and O–H groups in total. The fraction of sp³-hybridized carbons (Fsp3) is 0.818. The first-order chi connectivity index (χ1) is 10.6. The van der Waals surface area contributed by atoms with Gasteiger partial charge in [-0.3, -0.25) is 0 Å². The standard InChI is InChI=1S/C22H42/c1-6-9-10-11-12-14-17-21(8-3)18-15-13-16-20-22(4,5)19-7-2/h7-8,21H,2-3,6,9-20H2,1,4-5H3. The molecule has 0 saturated heterocycles. The van der Waals surface area contributed by atoms with Gasteiger partial charge in [-0.1, -0.05) is 90.7 Å². The minimum atomic E-state index is 0.443. The molecule has 0 aromatic heterocycles. The summed E-state index contributed by atoms with van der Waals surface area (Å²) in [6.07, 6.45) is 22.0. The van der Waals surface area contributed by atoms with Gasteiger partial charge in [0.05, 0.1) is 0 Å². The van der Waals surface area contributed by atoms with Crippen LogP contribution in [-0.2, 0) is 0 Å². The molecule has 22 heavy (non-hydrogen) atoms. The Morgan fingerprint density at radius 1 is 0.818 bits per heavy atom. The summed E-state index contributed by atoms with van der Waals surface area (Å²) in [4.78, 5) is 0. The van der Waals surface area contributed by atoms with Crippen LogP contribution in [0.1, 0.15) is 104 Å². The predicted molar refractivity (Wildman–Crippen MR) is 103 cm³/mol. The quantitative estimate of drug-likeness (QED) is 0.200. The van der Waals surface area contributed by atoms with Crippen molar-refractivity contribution in [2.45, 2.75) is 104 Å². The maximum Gasteiger partial charge on any atom is -0.0236 e. The van der Waals surface area contributed by atoms with Crippen LogP contribution in [0.15, 0.2) is 25.3 Å². The fourth-order valence-corrected chi connectivity index (χ4v) is 3.25. The van der Waals surface area contributed by atoms with Gasteiger partial charge in [0.15, 0.2) is 0 Å². The zero-order valence-electron chi connectivity index (χ0n) is 15.8. The smallest absolute Gasteiger partial charge is 0.0236 e. The summed E-state index contributed by atoms with van der Waals surface area (Å²) in [5.74, 6) is 0.757. The largest absolute Gasteiger partial charge is 0.103 e. The van der Waals surface area contributed by atoms with E-state index in [1.807, 2.05) is 0 Å². The number of hydrogen-bond acceptors (Lipinski definition) is 0. The van der Waals surface area contributed by atoms with Crippen molar-refractivity contribution in [1.82, 2.24) is 0 Å². The van der Waals surface area contributed by atoms with E-state index in [9.17, 15) is 0 Å². The molecule has 0 heteroatoms. The lowest BCUT2D eigenvalue weighted by Crippen LogP contribution is -2.09. The molecule has 0 nitrogen and oxygen atoms in total. The molecular weight excluding hydrogens is 264 g/mol. The van der Waals surface area contributed by atoms with E-state index in [1.54, 1.807) is 0 Å². The Bertz CT molecular complexity index is 261. The van der Waals surface area contributed by atoms with Gasteiger partial charge in [0.2, 0.25) is 0 Å². The van der Waals surface area contributed by atoms with E-state index in [4.69, 9.17) is 0 Å². The average molecular weight is 307 g/mol. The van der Waals surface area contributed by atoms with E-state index in [0.29, 0.717) is 5.41 Å². The first-order valence-corrected chi connectivity index (χ1v) is 9.79. The van der Waals surface area contributed by atoms with Crippen LogP contribution in [0.5, 0.6) is 0 Å². The molecule has 0 aliphatic carbocycles. The minimum absolute atomic E-state index is 0.443. The molecule has 0 spiro atoms. The Labute approximate surface area is 141 Å². The van der Waals surface area contributed by atoms with Gasteiger partial charge in [0, 0.05) is 0 Å². The van der Waals surface area contributed by atoms with Crippen molar-refractivity contribution in [2.24, 2.45) is 11.3 Å². The van der Waals surface area contributed by atoms with Gasteiger partial charge >= 0.3 is 0 Å². The van der Waals surface area contributed by atoms with E-state index in [-0.39, 0.29) is 0 Å². The Morgan fingerprint density at radius 3 is 1.91 bits per heavy atom. The average Bonchev–Trinajstić information content (AvgIpc) is 2.48. The van der Waals surface area contributed by atoms with Crippen molar-refractivity contribution < 1.29 is 0 Å². The Kier molecular flexibility index (Phi) is 13.8. The second-order valence-electron chi connectivity index (χ2n) is 7.81. The Hall–Kier alpha value is -0.520. The highest BCUT2D eigenvalue weighted by Crippen LogP contribution is 2.28. The van der Waals surface area contributed by atoms with Gasteiger partial charge in [-0.2, -0.15) is 0 Å². The summed E-state index contributed by atoms with van der Waals surface area (Å²) in [6, 6.07) is 0. The molecule has 0 aliphatic heterocycles. The van der Waals surface area contributed by atoms with E-state index >= 15 is 0 Å². The molecule has 0 saturated carbocycles. The number of hydrogen-bond donors (Lipinski definition) is 0. The predicted octanol–water partition coefficient (Wildman–Crippen LogP) is 8.09. The van der Waals surface area contributed by atoms with Crippen LogP contribution < -0.4 is 0 Å². The summed E-state index contributed by atoms with van der Waals surface area (Å²) in [5.41, 5.74) is 0.443. The molecule has 0 rings (SSSR count). The number of rotatable bonds is 16. The highest BCUT2D eigenvalue weighted by molar-refractivity contribution is 4.80. The van der Waals surface area contributed by atoms with Gasteiger partial charge in [0.25, 0.3) is 0 Å². The van der Waals surface area contributed by atoms with Crippen LogP contribution in [0.4, 0.5) is 0 Å². The third-order valence-electron chi connectivity index (χ3n) is 4.89. The lowest BCUT2D eigenvalue weighted by Gasteiger charge is -2.22. The van der Waals surface area contributed by atoms with Crippen LogP contribution in [0.25, 0.3) is 0 Å². The number of unbranched alkanes of at least 4 members (excludes halogenated alkanes) is 7. The third-order valence-corrected chi connectivity index (χ3v) is 4.89. The normalized spacial score (nSPS) is 13.0. The molecule has 1 unspecified atom stereocenters. The molecule has 0 fully saturated rings. The van der Waals surface area contributed by atoms with Crippen LogP contribution in [0, 0.1) is 11.3 Å². The SMILES string of the molecule is C=CCC(C)(C)CCCCCC(C=C)CCCCCCCC. The highest BCUT2D eigenvalue weighted by Gasteiger charge is 2.14. The number of allylic oxidation sites excluding steroid dienone is 2. The molecule has 0 bridgehead atoms. The first kappa shape index (κ1) is 21.5. The van der Waals surface area contributed by atoms with Crippen LogP contribution in [-0.4, -0.2) is 0 Å². The van der Waals surface area contributed by atoms with Crippen molar-refractivity contribution in [3.05, 3.63) is 25.3 Å². The summed E-state index contributed by atoms with van der Waals surface area (Å²) < 4.78 is 0.